The van der Waals surface area contributed by atoms with Gasteiger partial charge in [0.2, 0.25) is 0 Å². The van der Waals surface area contributed by atoms with Crippen molar-refractivity contribution in [3.63, 3.8) is 0 Å². The minimum Gasteiger partial charge on any atom is -0.497 e. The number of amides is 1. The number of nitrogens with zero attached hydrogens (tertiary/aromatic N) is 1. The average molecular weight is 259 g/mol. The van der Waals surface area contributed by atoms with Crippen molar-refractivity contribution in [2.45, 2.75) is 6.92 Å². The summed E-state index contributed by atoms with van der Waals surface area (Å²) in [7, 11) is 1.55. The normalized spacial score (nSPS) is 10.0. The van der Waals surface area contributed by atoms with Crippen LogP contribution >= 0.6 is 0 Å². The highest BCUT2D eigenvalue weighted by Crippen LogP contribution is 2.13. The van der Waals surface area contributed by atoms with Gasteiger partial charge in [-0.3, -0.25) is 4.79 Å². The molecule has 2 aromatic rings. The van der Waals surface area contributed by atoms with Crippen LogP contribution in [-0.4, -0.2) is 23.0 Å². The van der Waals surface area contributed by atoms with Crippen LogP contribution in [0.15, 0.2) is 35.3 Å². The number of carbonyl (C=O) groups is 1. The third-order valence-corrected chi connectivity index (χ3v) is 2.58. The van der Waals surface area contributed by atoms with Gasteiger partial charge in [-0.1, -0.05) is 0 Å². The Morgan fingerprint density at radius 2 is 2.00 bits per heavy atom. The fraction of sp³-hybridized carbons (Fsp3) is 0.154. The van der Waals surface area contributed by atoms with Crippen molar-refractivity contribution in [2.75, 3.05) is 12.4 Å². The lowest BCUT2D eigenvalue weighted by atomic mass is 10.2. The number of hydrogen-bond acceptors (Lipinski definition) is 4. The average Bonchev–Trinajstić information content (AvgIpc) is 2.43. The predicted octanol–water partition coefficient (Wildman–Crippen LogP) is 1.34. The minimum atomic E-state index is -0.504. The number of carbonyl (C=O) groups excluding carboxylic acids is 1. The molecule has 2 rings (SSSR count). The van der Waals surface area contributed by atoms with E-state index in [2.05, 4.69) is 15.3 Å². The molecule has 19 heavy (non-hydrogen) atoms. The van der Waals surface area contributed by atoms with E-state index in [9.17, 15) is 9.59 Å². The minimum absolute atomic E-state index is 0.254. The summed E-state index contributed by atoms with van der Waals surface area (Å²) in [5.74, 6) is 0.593. The Hall–Kier alpha value is -2.63. The molecule has 0 unspecified atom stereocenters. The van der Waals surface area contributed by atoms with E-state index in [1.165, 1.54) is 6.20 Å². The molecule has 1 aromatic carbocycles. The zero-order valence-corrected chi connectivity index (χ0v) is 10.6. The van der Waals surface area contributed by atoms with Crippen LogP contribution in [0.4, 0.5) is 5.82 Å². The van der Waals surface area contributed by atoms with Gasteiger partial charge in [-0.2, -0.15) is 4.98 Å². The van der Waals surface area contributed by atoms with Crippen LogP contribution in [0.2, 0.25) is 0 Å². The van der Waals surface area contributed by atoms with Crippen molar-refractivity contribution < 1.29 is 9.53 Å². The zero-order valence-electron chi connectivity index (χ0n) is 10.6. The molecule has 0 radical (unpaired) electrons. The van der Waals surface area contributed by atoms with E-state index in [4.69, 9.17) is 4.74 Å². The number of ether oxygens (including phenoxy) is 1. The number of anilines is 1. The Kier molecular flexibility index (Phi) is 3.61. The van der Waals surface area contributed by atoms with Crippen LogP contribution in [0.25, 0.3) is 0 Å². The van der Waals surface area contributed by atoms with Crippen molar-refractivity contribution in [3.8, 4) is 5.75 Å². The summed E-state index contributed by atoms with van der Waals surface area (Å²) in [4.78, 5) is 29.2. The summed E-state index contributed by atoms with van der Waals surface area (Å²) in [6.45, 7) is 1.74. The van der Waals surface area contributed by atoms with Crippen molar-refractivity contribution in [1.82, 2.24) is 9.97 Å². The van der Waals surface area contributed by atoms with Gasteiger partial charge in [0.05, 0.1) is 7.11 Å². The third kappa shape index (κ3) is 2.98. The quantitative estimate of drug-likeness (QED) is 0.871. The van der Waals surface area contributed by atoms with Gasteiger partial charge in [-0.15, -0.1) is 0 Å². The molecule has 0 aliphatic heterocycles. The molecular weight excluding hydrogens is 246 g/mol. The van der Waals surface area contributed by atoms with Crippen LogP contribution in [-0.2, 0) is 0 Å². The van der Waals surface area contributed by atoms with Gasteiger partial charge in [0.15, 0.2) is 0 Å². The first kappa shape index (κ1) is 12.8. The van der Waals surface area contributed by atoms with Gasteiger partial charge >= 0.3 is 5.69 Å². The number of aromatic amines is 1. The molecule has 0 bridgehead atoms. The van der Waals surface area contributed by atoms with Gasteiger partial charge in [0.25, 0.3) is 5.91 Å². The van der Waals surface area contributed by atoms with E-state index in [-0.39, 0.29) is 11.7 Å². The number of aryl methyl sites for hydroxylation is 1. The van der Waals surface area contributed by atoms with E-state index < -0.39 is 5.69 Å². The molecule has 0 atom stereocenters. The van der Waals surface area contributed by atoms with Gasteiger partial charge in [0.1, 0.15) is 11.6 Å². The van der Waals surface area contributed by atoms with Crippen LogP contribution in [0, 0.1) is 6.92 Å². The molecule has 0 aliphatic rings. The number of H-pyrrole nitrogens is 1. The smallest absolute Gasteiger partial charge is 0.346 e. The Bertz CT molecular complexity index is 647. The SMILES string of the molecule is COc1ccc(C(=O)Nc2nc(=O)[nH]cc2C)cc1. The summed E-state index contributed by atoms with van der Waals surface area (Å²) >= 11 is 0. The molecule has 2 N–H and O–H groups in total. The molecule has 1 amide bonds. The highest BCUT2D eigenvalue weighted by Gasteiger charge is 2.09. The van der Waals surface area contributed by atoms with E-state index in [0.29, 0.717) is 16.9 Å². The summed E-state index contributed by atoms with van der Waals surface area (Å²) in [5.41, 5.74) is 0.638. The number of methoxy groups -OCH3 is 1. The number of aromatic nitrogens is 2. The molecule has 6 nitrogen and oxygen atoms in total. The largest absolute Gasteiger partial charge is 0.497 e. The van der Waals surface area contributed by atoms with Crippen molar-refractivity contribution >= 4 is 11.7 Å². The monoisotopic (exact) mass is 259 g/mol. The standard InChI is InChI=1S/C13H13N3O3/c1-8-7-14-13(18)16-11(8)15-12(17)9-3-5-10(19-2)6-4-9/h3-7H,1-2H3,(H2,14,15,16,17,18). The van der Waals surface area contributed by atoms with E-state index in [0.717, 1.165) is 0 Å². The molecule has 0 spiro atoms. The lowest BCUT2D eigenvalue weighted by Crippen LogP contribution is -2.19. The number of rotatable bonds is 3. The maximum atomic E-state index is 12.0. The van der Waals surface area contributed by atoms with E-state index >= 15 is 0 Å². The third-order valence-electron chi connectivity index (χ3n) is 2.58. The van der Waals surface area contributed by atoms with Gasteiger partial charge in [-0.25, -0.2) is 4.79 Å². The Labute approximate surface area is 109 Å². The molecule has 1 aromatic heterocycles. The summed E-state index contributed by atoms with van der Waals surface area (Å²) in [6.07, 6.45) is 1.50. The second-order valence-electron chi connectivity index (χ2n) is 3.92. The van der Waals surface area contributed by atoms with E-state index in [1.807, 2.05) is 0 Å². The van der Waals surface area contributed by atoms with Crippen molar-refractivity contribution in [2.24, 2.45) is 0 Å². The lowest BCUT2D eigenvalue weighted by Gasteiger charge is -2.06. The maximum absolute atomic E-state index is 12.0. The molecular formula is C13H13N3O3. The van der Waals surface area contributed by atoms with Crippen LogP contribution in [0.3, 0.4) is 0 Å². The highest BCUT2D eigenvalue weighted by molar-refractivity contribution is 6.04. The first-order chi connectivity index (χ1) is 9.10. The summed E-state index contributed by atoms with van der Waals surface area (Å²) < 4.78 is 5.01. The maximum Gasteiger partial charge on any atom is 0.346 e. The zero-order chi connectivity index (χ0) is 13.8. The van der Waals surface area contributed by atoms with Gasteiger partial charge in [-0.05, 0) is 31.2 Å². The highest BCUT2D eigenvalue weighted by atomic mass is 16.5. The van der Waals surface area contributed by atoms with Crippen LogP contribution in [0.1, 0.15) is 15.9 Å². The van der Waals surface area contributed by atoms with Crippen molar-refractivity contribution in [1.29, 1.82) is 0 Å². The summed E-state index contributed by atoms with van der Waals surface area (Å²) in [6, 6.07) is 6.65. The molecule has 0 saturated heterocycles. The molecule has 0 fully saturated rings. The van der Waals surface area contributed by atoms with E-state index in [1.54, 1.807) is 38.3 Å². The number of benzene rings is 1. The molecule has 6 heteroatoms. The fourth-order valence-corrected chi connectivity index (χ4v) is 1.51. The fourth-order valence-electron chi connectivity index (χ4n) is 1.51. The predicted molar refractivity (Wildman–Crippen MR) is 70.5 cm³/mol. The number of nitrogens with one attached hydrogen (secondary N) is 2. The number of hydrogen-bond donors (Lipinski definition) is 2. The van der Waals surface area contributed by atoms with Gasteiger partial charge < -0.3 is 15.0 Å². The van der Waals surface area contributed by atoms with Crippen molar-refractivity contribution in [3.05, 3.63) is 52.1 Å². The Balaban J connectivity index is 2.20. The Morgan fingerprint density at radius 3 is 2.63 bits per heavy atom. The topological polar surface area (TPSA) is 84.1 Å². The molecule has 1 heterocycles. The van der Waals surface area contributed by atoms with Crippen LogP contribution < -0.4 is 15.7 Å². The first-order valence-electron chi connectivity index (χ1n) is 5.62. The van der Waals surface area contributed by atoms with Crippen LogP contribution in [0.5, 0.6) is 5.75 Å². The lowest BCUT2D eigenvalue weighted by molar-refractivity contribution is 0.102. The molecule has 0 saturated carbocycles. The van der Waals surface area contributed by atoms with Gasteiger partial charge in [0, 0.05) is 17.3 Å². The second-order valence-corrected chi connectivity index (χ2v) is 3.92. The Morgan fingerprint density at radius 1 is 1.32 bits per heavy atom. The molecule has 0 aliphatic carbocycles. The molecule has 98 valence electrons. The second kappa shape index (κ2) is 5.34. The summed E-state index contributed by atoms with van der Waals surface area (Å²) in [5, 5.41) is 2.59. The first-order valence-corrected chi connectivity index (χ1v) is 5.62.